The van der Waals surface area contributed by atoms with Crippen molar-refractivity contribution in [1.29, 1.82) is 0 Å². The first kappa shape index (κ1) is 14.1. The second-order valence-corrected chi connectivity index (χ2v) is 5.05. The quantitative estimate of drug-likeness (QED) is 0.740. The smallest absolute Gasteiger partial charge is 0.301 e. The summed E-state index contributed by atoms with van der Waals surface area (Å²) in [7, 11) is 1.85. The van der Waals surface area contributed by atoms with Gasteiger partial charge in [-0.25, -0.2) is 0 Å². The highest BCUT2D eigenvalue weighted by Gasteiger charge is 2.10. The molecule has 4 nitrogen and oxygen atoms in total. The Morgan fingerprint density at radius 3 is 2.32 bits per heavy atom. The molecule has 0 aliphatic carbocycles. The molecule has 0 fully saturated rings. The van der Waals surface area contributed by atoms with E-state index in [9.17, 15) is 4.79 Å². The first-order valence-electron chi connectivity index (χ1n) is 7.05. The summed E-state index contributed by atoms with van der Waals surface area (Å²) in [5, 5.41) is 0. The van der Waals surface area contributed by atoms with Crippen LogP contribution >= 0.6 is 0 Å². The minimum absolute atomic E-state index is 0.306. The Morgan fingerprint density at radius 1 is 1.00 bits per heavy atom. The highest BCUT2D eigenvalue weighted by molar-refractivity contribution is 5.57. The predicted molar refractivity (Wildman–Crippen MR) is 86.8 cm³/mol. The molecular formula is C18H16N2O2. The van der Waals surface area contributed by atoms with Crippen molar-refractivity contribution in [1.82, 2.24) is 4.98 Å². The first-order chi connectivity index (χ1) is 10.7. The number of hydrogen-bond donors (Lipinski definition) is 0. The molecule has 0 unspecified atom stereocenters. The van der Waals surface area contributed by atoms with E-state index in [1.54, 1.807) is 0 Å². The van der Waals surface area contributed by atoms with Crippen LogP contribution in [0.3, 0.4) is 0 Å². The summed E-state index contributed by atoms with van der Waals surface area (Å²) in [5.74, 6) is 0.524. The number of anilines is 1. The second-order valence-electron chi connectivity index (χ2n) is 5.05. The monoisotopic (exact) mass is 292 g/mol. The van der Waals surface area contributed by atoms with Crippen LogP contribution in [0, 0.1) is 0 Å². The van der Waals surface area contributed by atoms with E-state index in [4.69, 9.17) is 4.42 Å². The van der Waals surface area contributed by atoms with Gasteiger partial charge in [-0.15, -0.1) is 0 Å². The van der Waals surface area contributed by atoms with Crippen molar-refractivity contribution in [2.24, 2.45) is 0 Å². The zero-order chi connectivity index (χ0) is 15.4. The lowest BCUT2D eigenvalue weighted by Crippen LogP contribution is -2.20. The van der Waals surface area contributed by atoms with E-state index in [1.807, 2.05) is 72.6 Å². The van der Waals surface area contributed by atoms with E-state index in [2.05, 4.69) is 4.98 Å². The van der Waals surface area contributed by atoms with Gasteiger partial charge >= 0.3 is 6.01 Å². The number of nitrogens with zero attached hydrogens (tertiary/aromatic N) is 2. The van der Waals surface area contributed by atoms with Crippen molar-refractivity contribution in [3.63, 3.8) is 0 Å². The maximum Gasteiger partial charge on any atom is 0.301 e. The van der Waals surface area contributed by atoms with Crippen LogP contribution in [0.2, 0.25) is 0 Å². The van der Waals surface area contributed by atoms with E-state index in [-0.39, 0.29) is 5.56 Å². The summed E-state index contributed by atoms with van der Waals surface area (Å²) < 4.78 is 5.79. The van der Waals surface area contributed by atoms with Crippen molar-refractivity contribution < 1.29 is 4.42 Å². The molecule has 0 atom stereocenters. The van der Waals surface area contributed by atoms with Gasteiger partial charge in [-0.3, -0.25) is 4.79 Å². The molecule has 0 aliphatic heterocycles. The van der Waals surface area contributed by atoms with Gasteiger partial charge in [0.15, 0.2) is 0 Å². The van der Waals surface area contributed by atoms with Crippen molar-refractivity contribution in [3.05, 3.63) is 82.6 Å². The van der Waals surface area contributed by atoms with Gasteiger partial charge in [-0.05, 0) is 5.56 Å². The minimum atomic E-state index is -0.306. The summed E-state index contributed by atoms with van der Waals surface area (Å²) in [5.41, 5.74) is 1.68. The molecule has 0 aliphatic rings. The largest absolute Gasteiger partial charge is 0.425 e. The molecule has 0 saturated carbocycles. The van der Waals surface area contributed by atoms with Crippen molar-refractivity contribution in [2.75, 3.05) is 11.9 Å². The fourth-order valence-corrected chi connectivity index (χ4v) is 2.22. The van der Waals surface area contributed by atoms with Crippen LogP contribution in [0.1, 0.15) is 5.56 Å². The highest BCUT2D eigenvalue weighted by atomic mass is 16.4. The maximum atomic E-state index is 11.8. The van der Waals surface area contributed by atoms with Gasteiger partial charge in [-0.1, -0.05) is 60.7 Å². The third-order valence-electron chi connectivity index (χ3n) is 3.31. The second kappa shape index (κ2) is 6.26. The van der Waals surface area contributed by atoms with Crippen LogP contribution in [0.15, 0.2) is 75.9 Å². The molecule has 3 aromatic rings. The number of benzene rings is 2. The molecular weight excluding hydrogens is 276 g/mol. The first-order valence-corrected chi connectivity index (χ1v) is 7.05. The van der Waals surface area contributed by atoms with Crippen LogP contribution < -0.4 is 10.5 Å². The van der Waals surface area contributed by atoms with Gasteiger partial charge in [0.2, 0.25) is 0 Å². The molecule has 0 radical (unpaired) electrons. The zero-order valence-electron chi connectivity index (χ0n) is 12.3. The average Bonchev–Trinajstić information content (AvgIpc) is 2.56. The molecule has 0 saturated heterocycles. The Balaban J connectivity index is 1.91. The Kier molecular flexibility index (Phi) is 4.01. The van der Waals surface area contributed by atoms with E-state index < -0.39 is 0 Å². The molecule has 0 spiro atoms. The van der Waals surface area contributed by atoms with Gasteiger partial charge in [0.05, 0.1) is 0 Å². The van der Waals surface area contributed by atoms with Crippen molar-refractivity contribution in [2.45, 2.75) is 6.54 Å². The molecule has 3 rings (SSSR count). The number of aromatic nitrogens is 1. The predicted octanol–water partition coefficient (Wildman–Crippen LogP) is 3.34. The molecule has 0 N–H and O–H groups in total. The Labute approximate surface area is 128 Å². The normalized spacial score (nSPS) is 10.4. The summed E-state index contributed by atoms with van der Waals surface area (Å²) in [6.45, 7) is 0.620. The average molecular weight is 292 g/mol. The van der Waals surface area contributed by atoms with Gasteiger partial charge in [0.25, 0.3) is 5.56 Å². The van der Waals surface area contributed by atoms with E-state index in [0.717, 1.165) is 11.1 Å². The van der Waals surface area contributed by atoms with Crippen LogP contribution in [-0.4, -0.2) is 12.0 Å². The molecule has 1 aromatic heterocycles. The van der Waals surface area contributed by atoms with E-state index in [1.165, 1.54) is 6.07 Å². The highest BCUT2D eigenvalue weighted by Crippen LogP contribution is 2.21. The number of hydrogen-bond acceptors (Lipinski definition) is 4. The summed E-state index contributed by atoms with van der Waals surface area (Å²) >= 11 is 0. The molecule has 0 amide bonds. The van der Waals surface area contributed by atoms with Gasteiger partial charge in [0.1, 0.15) is 5.76 Å². The topological polar surface area (TPSA) is 46.3 Å². The van der Waals surface area contributed by atoms with Crippen molar-refractivity contribution in [3.8, 4) is 11.3 Å². The van der Waals surface area contributed by atoms with Crippen LogP contribution in [0.25, 0.3) is 11.3 Å². The lowest BCUT2D eigenvalue weighted by atomic mass is 10.2. The maximum absolute atomic E-state index is 11.8. The lowest BCUT2D eigenvalue weighted by molar-refractivity contribution is 0.527. The molecule has 1 heterocycles. The zero-order valence-corrected chi connectivity index (χ0v) is 12.3. The third kappa shape index (κ3) is 3.23. The Hall–Kier alpha value is -2.88. The molecule has 110 valence electrons. The SMILES string of the molecule is CN(Cc1ccccc1)c1nc(=O)cc(-c2ccccc2)o1. The third-order valence-corrected chi connectivity index (χ3v) is 3.31. The van der Waals surface area contributed by atoms with Gasteiger partial charge in [-0.2, -0.15) is 4.98 Å². The fourth-order valence-electron chi connectivity index (χ4n) is 2.22. The number of rotatable bonds is 4. The Morgan fingerprint density at radius 2 is 1.64 bits per heavy atom. The minimum Gasteiger partial charge on any atom is -0.425 e. The van der Waals surface area contributed by atoms with Gasteiger partial charge < -0.3 is 9.32 Å². The lowest BCUT2D eigenvalue weighted by Gasteiger charge is -2.16. The Bertz CT molecular complexity index is 798. The van der Waals surface area contributed by atoms with Crippen LogP contribution in [-0.2, 0) is 6.54 Å². The molecule has 2 aromatic carbocycles. The molecule has 4 heteroatoms. The molecule has 22 heavy (non-hydrogen) atoms. The summed E-state index contributed by atoms with van der Waals surface area (Å²) in [6.07, 6.45) is 0. The standard InChI is InChI=1S/C18H16N2O2/c1-20(13-14-8-4-2-5-9-14)18-19-17(21)12-16(22-18)15-10-6-3-7-11-15/h2-12H,13H2,1H3. The fraction of sp³-hybridized carbons (Fsp3) is 0.111. The van der Waals surface area contributed by atoms with E-state index >= 15 is 0 Å². The summed E-state index contributed by atoms with van der Waals surface area (Å²) in [4.78, 5) is 17.6. The van der Waals surface area contributed by atoms with E-state index in [0.29, 0.717) is 18.3 Å². The van der Waals surface area contributed by atoms with Crippen LogP contribution in [0.4, 0.5) is 6.01 Å². The summed E-state index contributed by atoms with van der Waals surface area (Å²) in [6, 6.07) is 21.2. The van der Waals surface area contributed by atoms with Crippen molar-refractivity contribution >= 4 is 6.01 Å². The van der Waals surface area contributed by atoms with Crippen LogP contribution in [0.5, 0.6) is 0 Å². The molecule has 0 bridgehead atoms. The van der Waals surface area contributed by atoms with Gasteiger partial charge in [0, 0.05) is 25.2 Å².